The van der Waals surface area contributed by atoms with Gasteiger partial charge >= 0.3 is 0 Å². The van der Waals surface area contributed by atoms with E-state index in [4.69, 9.17) is 0 Å². The third-order valence-corrected chi connectivity index (χ3v) is 4.47. The fraction of sp³-hybridized carbons (Fsp3) is 0.400. The van der Waals surface area contributed by atoms with Crippen molar-refractivity contribution < 1.29 is 4.79 Å². The summed E-state index contributed by atoms with van der Waals surface area (Å²) in [6.07, 6.45) is 6.39. The summed E-state index contributed by atoms with van der Waals surface area (Å²) in [4.78, 5) is 12.5. The van der Waals surface area contributed by atoms with Crippen LogP contribution in [0.25, 0.3) is 0 Å². The van der Waals surface area contributed by atoms with E-state index in [9.17, 15) is 4.79 Å². The number of nitrogens with one attached hydrogen (secondary N) is 1. The summed E-state index contributed by atoms with van der Waals surface area (Å²) in [5.74, 6) is -0.106. The fourth-order valence-electron chi connectivity index (χ4n) is 2.64. The van der Waals surface area contributed by atoms with Gasteiger partial charge in [0, 0.05) is 0 Å². The first-order valence-electron chi connectivity index (χ1n) is 6.94. The molecule has 0 fully saturated rings. The topological polar surface area (TPSA) is 54.9 Å². The first-order chi connectivity index (χ1) is 9.74. The van der Waals surface area contributed by atoms with Crippen LogP contribution in [0.3, 0.4) is 0 Å². The smallest absolute Gasteiger partial charge is 0.265 e. The van der Waals surface area contributed by atoms with E-state index >= 15 is 0 Å². The first-order valence-corrected chi connectivity index (χ1v) is 7.71. The average Bonchev–Trinajstić information content (AvgIpc) is 3.01. The molecule has 1 heterocycles. The lowest BCUT2D eigenvalue weighted by Crippen LogP contribution is -2.26. The molecule has 3 rings (SSSR count). The first kappa shape index (κ1) is 13.2. The van der Waals surface area contributed by atoms with Crippen molar-refractivity contribution in [3.8, 4) is 0 Å². The summed E-state index contributed by atoms with van der Waals surface area (Å²) in [6.45, 7) is 2.01. The molecule has 0 saturated heterocycles. The number of carbonyl (C=O) groups is 1. The number of rotatable bonds is 3. The van der Waals surface area contributed by atoms with Crippen LogP contribution in [0.15, 0.2) is 24.4 Å². The monoisotopic (exact) mass is 287 g/mol. The molecule has 0 aliphatic heterocycles. The molecule has 2 aromatic rings. The van der Waals surface area contributed by atoms with Gasteiger partial charge in [0.05, 0.1) is 12.2 Å². The SMILES string of the molecule is CC(NC(=O)c1cnns1)c1ccc2c(c1)CCCC2. The molecule has 0 radical (unpaired) electrons. The van der Waals surface area contributed by atoms with Gasteiger partial charge in [0.2, 0.25) is 0 Å². The van der Waals surface area contributed by atoms with Crippen molar-refractivity contribution >= 4 is 17.4 Å². The Kier molecular flexibility index (Phi) is 3.78. The number of fused-ring (bicyclic) bond motifs is 1. The normalized spacial score (nSPS) is 15.4. The van der Waals surface area contributed by atoms with Crippen LogP contribution in [-0.4, -0.2) is 15.5 Å². The summed E-state index contributed by atoms with van der Waals surface area (Å²) in [5, 5.41) is 6.69. The van der Waals surface area contributed by atoms with Gasteiger partial charge in [-0.2, -0.15) is 0 Å². The minimum Gasteiger partial charge on any atom is -0.345 e. The van der Waals surface area contributed by atoms with Gasteiger partial charge in [0.1, 0.15) is 4.88 Å². The van der Waals surface area contributed by atoms with E-state index < -0.39 is 0 Å². The van der Waals surface area contributed by atoms with E-state index in [1.54, 1.807) is 0 Å². The van der Waals surface area contributed by atoms with Crippen LogP contribution in [0.4, 0.5) is 0 Å². The van der Waals surface area contributed by atoms with E-state index in [0.29, 0.717) is 4.88 Å². The number of aryl methyl sites for hydroxylation is 2. The van der Waals surface area contributed by atoms with Crippen molar-refractivity contribution in [2.75, 3.05) is 0 Å². The lowest BCUT2D eigenvalue weighted by Gasteiger charge is -2.19. The molecule has 0 bridgehead atoms. The zero-order chi connectivity index (χ0) is 13.9. The van der Waals surface area contributed by atoms with Gasteiger partial charge in [0.15, 0.2) is 0 Å². The van der Waals surface area contributed by atoms with Crippen molar-refractivity contribution in [1.29, 1.82) is 0 Å². The summed E-state index contributed by atoms with van der Waals surface area (Å²) < 4.78 is 3.71. The quantitative estimate of drug-likeness (QED) is 0.944. The molecule has 20 heavy (non-hydrogen) atoms. The largest absolute Gasteiger partial charge is 0.345 e. The standard InChI is InChI=1S/C15H17N3OS/c1-10(17-15(19)14-9-16-18-20-14)12-7-6-11-4-2-3-5-13(11)8-12/h6-10H,2-5H2,1H3,(H,17,19). The molecule has 0 saturated carbocycles. The second-order valence-corrected chi connectivity index (χ2v) is 6.00. The number of aromatic nitrogens is 2. The van der Waals surface area contributed by atoms with Crippen molar-refractivity contribution in [3.63, 3.8) is 0 Å². The molecule has 1 aromatic carbocycles. The predicted octanol–water partition coefficient (Wildman–Crippen LogP) is 2.91. The Hall–Kier alpha value is -1.75. The number of nitrogens with zero attached hydrogens (tertiary/aromatic N) is 2. The maximum atomic E-state index is 12.0. The van der Waals surface area contributed by atoms with Gasteiger partial charge in [0.25, 0.3) is 5.91 Å². The minimum absolute atomic E-state index is 0.00294. The highest BCUT2D eigenvalue weighted by Gasteiger charge is 2.15. The predicted molar refractivity (Wildman–Crippen MR) is 78.9 cm³/mol. The molecule has 104 valence electrons. The van der Waals surface area contributed by atoms with Gasteiger partial charge in [-0.05, 0) is 60.8 Å². The zero-order valence-corrected chi connectivity index (χ0v) is 12.2. The molecular formula is C15H17N3OS. The molecule has 0 spiro atoms. The summed E-state index contributed by atoms with van der Waals surface area (Å²) in [6, 6.07) is 6.57. The Balaban J connectivity index is 1.74. The highest BCUT2D eigenvalue weighted by atomic mass is 32.1. The van der Waals surface area contributed by atoms with Gasteiger partial charge < -0.3 is 5.32 Å². The van der Waals surface area contributed by atoms with Gasteiger partial charge in [-0.3, -0.25) is 4.79 Å². The minimum atomic E-state index is -0.106. The van der Waals surface area contributed by atoms with Crippen LogP contribution in [0, 0.1) is 0 Å². The number of hydrogen-bond acceptors (Lipinski definition) is 4. The summed E-state index contributed by atoms with van der Waals surface area (Å²) >= 11 is 1.12. The highest BCUT2D eigenvalue weighted by Crippen LogP contribution is 2.24. The molecule has 1 aliphatic carbocycles. The number of carbonyl (C=O) groups excluding carboxylic acids is 1. The maximum absolute atomic E-state index is 12.0. The number of hydrogen-bond donors (Lipinski definition) is 1. The van der Waals surface area contributed by atoms with Gasteiger partial charge in [-0.25, -0.2) is 0 Å². The Morgan fingerprint density at radius 1 is 1.30 bits per heavy atom. The molecule has 5 heteroatoms. The molecule has 1 aromatic heterocycles. The van der Waals surface area contributed by atoms with E-state index in [2.05, 4.69) is 33.1 Å². The van der Waals surface area contributed by atoms with Crippen LogP contribution in [0.1, 0.15) is 52.2 Å². The van der Waals surface area contributed by atoms with Crippen LogP contribution >= 0.6 is 11.5 Å². The van der Waals surface area contributed by atoms with E-state index in [0.717, 1.165) is 23.5 Å². The Morgan fingerprint density at radius 2 is 2.10 bits per heavy atom. The molecule has 1 amide bonds. The van der Waals surface area contributed by atoms with Crippen LogP contribution < -0.4 is 5.32 Å². The summed E-state index contributed by atoms with van der Waals surface area (Å²) in [7, 11) is 0. The van der Waals surface area contributed by atoms with E-state index in [1.807, 2.05) is 6.92 Å². The van der Waals surface area contributed by atoms with Gasteiger partial charge in [-0.1, -0.05) is 22.7 Å². The van der Waals surface area contributed by atoms with Crippen LogP contribution in [0.2, 0.25) is 0 Å². The zero-order valence-electron chi connectivity index (χ0n) is 11.4. The Bertz CT molecular complexity index is 610. The molecule has 1 unspecified atom stereocenters. The lowest BCUT2D eigenvalue weighted by atomic mass is 9.89. The third-order valence-electron chi connectivity index (χ3n) is 3.81. The molecule has 1 atom stereocenters. The second kappa shape index (κ2) is 5.71. The third kappa shape index (κ3) is 2.72. The van der Waals surface area contributed by atoms with E-state index in [-0.39, 0.29) is 11.9 Å². The van der Waals surface area contributed by atoms with Crippen molar-refractivity contribution in [2.45, 2.75) is 38.6 Å². The van der Waals surface area contributed by atoms with Crippen LogP contribution in [-0.2, 0) is 12.8 Å². The number of benzene rings is 1. The highest BCUT2D eigenvalue weighted by molar-refractivity contribution is 7.07. The van der Waals surface area contributed by atoms with Gasteiger partial charge in [-0.15, -0.1) is 5.10 Å². The van der Waals surface area contributed by atoms with E-state index in [1.165, 1.54) is 36.6 Å². The van der Waals surface area contributed by atoms with Crippen LogP contribution in [0.5, 0.6) is 0 Å². The van der Waals surface area contributed by atoms with Crippen molar-refractivity contribution in [1.82, 2.24) is 14.9 Å². The summed E-state index contributed by atoms with van der Waals surface area (Å²) in [5.41, 5.74) is 4.07. The molecular weight excluding hydrogens is 270 g/mol. The second-order valence-electron chi connectivity index (χ2n) is 5.21. The molecule has 1 N–H and O–H groups in total. The Labute approximate surface area is 122 Å². The average molecular weight is 287 g/mol. The Morgan fingerprint density at radius 3 is 2.85 bits per heavy atom. The molecule has 4 nitrogen and oxygen atoms in total. The number of amides is 1. The molecule has 1 aliphatic rings. The maximum Gasteiger partial charge on any atom is 0.265 e. The van der Waals surface area contributed by atoms with Crippen molar-refractivity contribution in [3.05, 3.63) is 46.0 Å². The lowest BCUT2D eigenvalue weighted by molar-refractivity contribution is 0.0944. The fourth-order valence-corrected chi connectivity index (χ4v) is 3.06. The van der Waals surface area contributed by atoms with Crippen molar-refractivity contribution in [2.24, 2.45) is 0 Å².